The maximum atomic E-state index is 12.3. The number of benzene rings is 1. The van der Waals surface area contributed by atoms with Crippen LogP contribution in [0.15, 0.2) is 60.1 Å². The average Bonchev–Trinajstić information content (AvgIpc) is 2.54. The van der Waals surface area contributed by atoms with Crippen molar-refractivity contribution in [3.63, 3.8) is 0 Å². The zero-order valence-corrected chi connectivity index (χ0v) is 13.2. The maximum Gasteiger partial charge on any atom is 0.263 e. The zero-order chi connectivity index (χ0) is 16.0. The number of aryl methyl sites for hydroxylation is 1. The Morgan fingerprint density at radius 3 is 2.45 bits per heavy atom. The highest BCUT2D eigenvalue weighted by Crippen LogP contribution is 2.16. The van der Waals surface area contributed by atoms with Crippen LogP contribution >= 0.6 is 0 Å². The summed E-state index contributed by atoms with van der Waals surface area (Å²) in [7, 11) is -3.62. The van der Waals surface area contributed by atoms with Gasteiger partial charge in [-0.15, -0.1) is 6.58 Å². The van der Waals surface area contributed by atoms with Crippen LogP contribution in [0.2, 0.25) is 0 Å². The number of nitrogens with one attached hydrogen (secondary N) is 2. The van der Waals surface area contributed by atoms with Crippen molar-refractivity contribution in [2.45, 2.75) is 18.2 Å². The highest BCUT2D eigenvalue weighted by molar-refractivity contribution is 7.92. The Morgan fingerprint density at radius 1 is 1.18 bits per heavy atom. The van der Waals surface area contributed by atoms with Crippen LogP contribution in [0.4, 0.5) is 11.5 Å². The summed E-state index contributed by atoms with van der Waals surface area (Å²) >= 11 is 0. The molecule has 0 radical (unpaired) electrons. The van der Waals surface area contributed by atoms with Crippen LogP contribution < -0.4 is 10.0 Å². The molecule has 1 aromatic carbocycles. The Balaban J connectivity index is 2.12. The number of hydrogen-bond donors (Lipinski definition) is 2. The molecule has 2 aromatic rings. The molecule has 0 atom stereocenters. The number of aromatic nitrogens is 1. The lowest BCUT2D eigenvalue weighted by atomic mass is 10.2. The number of anilines is 2. The van der Waals surface area contributed by atoms with E-state index >= 15 is 0 Å². The van der Waals surface area contributed by atoms with Gasteiger partial charge in [0.25, 0.3) is 10.0 Å². The molecule has 1 heterocycles. The van der Waals surface area contributed by atoms with Gasteiger partial charge in [0.1, 0.15) is 5.82 Å². The molecule has 0 unspecified atom stereocenters. The van der Waals surface area contributed by atoms with Crippen molar-refractivity contribution in [3.8, 4) is 0 Å². The molecule has 0 amide bonds. The molecule has 0 bridgehead atoms. The van der Waals surface area contributed by atoms with E-state index in [-0.39, 0.29) is 10.7 Å². The van der Waals surface area contributed by atoms with Crippen LogP contribution in [0.25, 0.3) is 0 Å². The molecule has 6 heteroatoms. The Hall–Kier alpha value is -2.34. The van der Waals surface area contributed by atoms with Crippen molar-refractivity contribution in [2.24, 2.45) is 0 Å². The van der Waals surface area contributed by atoms with Gasteiger partial charge in [-0.25, -0.2) is 13.4 Å². The molecule has 0 aliphatic rings. The van der Waals surface area contributed by atoms with Gasteiger partial charge in [0.05, 0.1) is 16.8 Å². The number of hydrogen-bond acceptors (Lipinski definition) is 4. The Kier molecular flexibility index (Phi) is 5.16. The molecule has 1 aromatic heterocycles. The lowest BCUT2D eigenvalue weighted by Gasteiger charge is -2.09. The van der Waals surface area contributed by atoms with Gasteiger partial charge in [0, 0.05) is 6.54 Å². The van der Waals surface area contributed by atoms with Crippen molar-refractivity contribution in [2.75, 3.05) is 16.6 Å². The third-order valence-electron chi connectivity index (χ3n) is 3.09. The van der Waals surface area contributed by atoms with Gasteiger partial charge in [0.15, 0.2) is 0 Å². The second kappa shape index (κ2) is 7.09. The van der Waals surface area contributed by atoms with Gasteiger partial charge in [-0.2, -0.15) is 0 Å². The maximum absolute atomic E-state index is 12.3. The first-order valence-corrected chi connectivity index (χ1v) is 8.46. The van der Waals surface area contributed by atoms with E-state index < -0.39 is 10.0 Å². The van der Waals surface area contributed by atoms with E-state index in [2.05, 4.69) is 21.6 Å². The third-order valence-corrected chi connectivity index (χ3v) is 4.47. The number of sulfonamides is 1. The Morgan fingerprint density at radius 2 is 1.91 bits per heavy atom. The average molecular weight is 317 g/mol. The van der Waals surface area contributed by atoms with Crippen LogP contribution in [-0.4, -0.2) is 19.9 Å². The van der Waals surface area contributed by atoms with Crippen LogP contribution in [0, 0.1) is 0 Å². The lowest BCUT2D eigenvalue weighted by molar-refractivity contribution is 0.601. The lowest BCUT2D eigenvalue weighted by Crippen LogP contribution is -2.14. The van der Waals surface area contributed by atoms with Crippen molar-refractivity contribution in [1.82, 2.24) is 4.98 Å². The summed E-state index contributed by atoms with van der Waals surface area (Å²) in [5, 5.41) is 3.07. The second-order valence-electron chi connectivity index (χ2n) is 4.70. The Labute approximate surface area is 131 Å². The molecule has 22 heavy (non-hydrogen) atoms. The molecule has 2 N–H and O–H groups in total. The summed E-state index contributed by atoms with van der Waals surface area (Å²) in [6, 6.07) is 10.2. The van der Waals surface area contributed by atoms with E-state index in [1.165, 1.54) is 0 Å². The number of pyridine rings is 1. The fourth-order valence-corrected chi connectivity index (χ4v) is 2.86. The van der Waals surface area contributed by atoms with Crippen molar-refractivity contribution < 1.29 is 8.42 Å². The van der Waals surface area contributed by atoms with Gasteiger partial charge < -0.3 is 5.32 Å². The van der Waals surface area contributed by atoms with Crippen LogP contribution in [0.1, 0.15) is 12.5 Å². The van der Waals surface area contributed by atoms with E-state index in [0.29, 0.717) is 6.54 Å². The van der Waals surface area contributed by atoms with Gasteiger partial charge >= 0.3 is 0 Å². The third kappa shape index (κ3) is 4.08. The molecule has 0 aliphatic carbocycles. The first kappa shape index (κ1) is 16.0. The van der Waals surface area contributed by atoms with Gasteiger partial charge in [0.2, 0.25) is 0 Å². The van der Waals surface area contributed by atoms with Gasteiger partial charge in [-0.1, -0.05) is 25.1 Å². The summed E-state index contributed by atoms with van der Waals surface area (Å²) in [6.07, 6.45) is 4.17. The topological polar surface area (TPSA) is 71.1 Å². The zero-order valence-electron chi connectivity index (χ0n) is 12.4. The molecule has 0 spiro atoms. The molecule has 116 valence electrons. The smallest absolute Gasteiger partial charge is 0.263 e. The molecule has 0 saturated heterocycles. The molecule has 5 nitrogen and oxygen atoms in total. The van der Waals surface area contributed by atoms with Crippen LogP contribution in [0.3, 0.4) is 0 Å². The highest BCUT2D eigenvalue weighted by Gasteiger charge is 2.14. The monoisotopic (exact) mass is 317 g/mol. The van der Waals surface area contributed by atoms with Crippen molar-refractivity contribution in [1.29, 1.82) is 0 Å². The normalized spacial score (nSPS) is 11.0. The first-order chi connectivity index (χ1) is 10.5. The van der Waals surface area contributed by atoms with Crippen molar-refractivity contribution in [3.05, 3.63) is 60.8 Å². The summed E-state index contributed by atoms with van der Waals surface area (Å²) in [5.41, 5.74) is 1.89. The Bertz CT molecular complexity index is 723. The van der Waals surface area contributed by atoms with E-state index in [9.17, 15) is 8.42 Å². The number of rotatable bonds is 7. The standard InChI is InChI=1S/C16H19N3O2S/c1-3-11-17-14-7-10-16(18-12-14)19-22(20,21)15-8-5-13(4-2)6-9-15/h3,5-10,12,17H,1,4,11H2,2H3,(H,18,19). The second-order valence-corrected chi connectivity index (χ2v) is 6.39. The van der Waals surface area contributed by atoms with E-state index in [4.69, 9.17) is 0 Å². The van der Waals surface area contributed by atoms with E-state index in [1.807, 2.05) is 19.1 Å². The predicted molar refractivity (Wildman–Crippen MR) is 89.6 cm³/mol. The quantitative estimate of drug-likeness (QED) is 0.770. The fourth-order valence-electron chi connectivity index (χ4n) is 1.85. The number of nitrogens with zero attached hydrogens (tertiary/aromatic N) is 1. The summed E-state index contributed by atoms with van der Waals surface area (Å²) in [4.78, 5) is 4.31. The van der Waals surface area contributed by atoms with Gasteiger partial charge in [-0.3, -0.25) is 4.72 Å². The van der Waals surface area contributed by atoms with Crippen molar-refractivity contribution >= 4 is 21.5 Å². The summed E-state index contributed by atoms with van der Waals surface area (Å²) < 4.78 is 27.0. The predicted octanol–water partition coefficient (Wildman–Crippen LogP) is 3.04. The first-order valence-electron chi connectivity index (χ1n) is 6.97. The highest BCUT2D eigenvalue weighted by atomic mass is 32.2. The molecule has 0 aliphatic heterocycles. The summed E-state index contributed by atoms with van der Waals surface area (Å²) in [5.74, 6) is 0.281. The molecule has 0 fully saturated rings. The fraction of sp³-hybridized carbons (Fsp3) is 0.188. The molecular formula is C16H19N3O2S. The van der Waals surface area contributed by atoms with E-state index in [0.717, 1.165) is 17.7 Å². The minimum absolute atomic E-state index is 0.223. The van der Waals surface area contributed by atoms with Gasteiger partial charge in [-0.05, 0) is 36.2 Å². The van der Waals surface area contributed by atoms with Crippen LogP contribution in [-0.2, 0) is 16.4 Å². The molecule has 2 rings (SSSR count). The summed E-state index contributed by atoms with van der Waals surface area (Å²) in [6.45, 7) is 6.26. The largest absolute Gasteiger partial charge is 0.380 e. The minimum atomic E-state index is -3.62. The van der Waals surface area contributed by atoms with Crippen LogP contribution in [0.5, 0.6) is 0 Å². The molecule has 0 saturated carbocycles. The SMILES string of the molecule is C=CCNc1ccc(NS(=O)(=O)c2ccc(CC)cc2)nc1. The molecular weight excluding hydrogens is 298 g/mol. The minimum Gasteiger partial charge on any atom is -0.380 e. The van der Waals surface area contributed by atoms with E-state index in [1.54, 1.807) is 36.5 Å².